The molecule has 29 heavy (non-hydrogen) atoms. The number of aliphatic hydroxyl groups excluding tert-OH is 1. The highest BCUT2D eigenvalue weighted by Crippen LogP contribution is 2.44. The number of piperidine rings is 1. The third kappa shape index (κ3) is 3.59. The standard InChI is InChI=1S/C24H32N2O3/c27-22(26-13-3-6-18-19(24(28)29)5-2-8-21(18)26)12-11-16-14-25-20-7-1-4-17(23(16)20)15-9-10-15/h1,4,7,14-15,18-19,21,24-25,28-29H,2-3,5-6,8-13H2. The van der Waals surface area contributed by atoms with Gasteiger partial charge in [0.05, 0.1) is 0 Å². The number of hydrogen-bond acceptors (Lipinski definition) is 3. The number of aromatic amines is 1. The van der Waals surface area contributed by atoms with Gasteiger partial charge in [-0.2, -0.15) is 0 Å². The number of aliphatic hydroxyl groups is 2. The van der Waals surface area contributed by atoms with Crippen molar-refractivity contribution in [3.05, 3.63) is 35.5 Å². The van der Waals surface area contributed by atoms with Crippen LogP contribution in [0.2, 0.25) is 0 Å². The number of aromatic nitrogens is 1. The van der Waals surface area contributed by atoms with Crippen molar-refractivity contribution in [1.82, 2.24) is 9.88 Å². The summed E-state index contributed by atoms with van der Waals surface area (Å²) in [6.07, 6.45) is 9.48. The van der Waals surface area contributed by atoms with Gasteiger partial charge in [-0.3, -0.25) is 4.79 Å². The molecule has 3 fully saturated rings. The summed E-state index contributed by atoms with van der Waals surface area (Å²) in [4.78, 5) is 18.6. The van der Waals surface area contributed by atoms with Gasteiger partial charge < -0.3 is 20.1 Å². The van der Waals surface area contributed by atoms with Crippen LogP contribution < -0.4 is 0 Å². The lowest BCUT2D eigenvalue weighted by Crippen LogP contribution is -2.53. The zero-order chi connectivity index (χ0) is 20.0. The molecule has 5 nitrogen and oxygen atoms in total. The highest BCUT2D eigenvalue weighted by atomic mass is 16.5. The summed E-state index contributed by atoms with van der Waals surface area (Å²) in [6.45, 7) is 0.815. The first-order chi connectivity index (χ1) is 14.1. The van der Waals surface area contributed by atoms with Crippen molar-refractivity contribution >= 4 is 16.8 Å². The number of benzene rings is 1. The second-order valence-electron chi connectivity index (χ2n) is 9.33. The van der Waals surface area contributed by atoms with Gasteiger partial charge in [0, 0.05) is 42.0 Å². The molecule has 0 radical (unpaired) electrons. The predicted molar refractivity (Wildman–Crippen MR) is 112 cm³/mol. The highest BCUT2D eigenvalue weighted by molar-refractivity contribution is 5.88. The Bertz CT molecular complexity index is 885. The first-order valence-electron chi connectivity index (χ1n) is 11.4. The lowest BCUT2D eigenvalue weighted by Gasteiger charge is -2.48. The van der Waals surface area contributed by atoms with Crippen LogP contribution >= 0.6 is 0 Å². The molecule has 2 heterocycles. The van der Waals surface area contributed by atoms with E-state index < -0.39 is 6.29 Å². The zero-order valence-corrected chi connectivity index (χ0v) is 17.0. The maximum atomic E-state index is 13.2. The smallest absolute Gasteiger partial charge is 0.223 e. The van der Waals surface area contributed by atoms with E-state index in [2.05, 4.69) is 34.3 Å². The van der Waals surface area contributed by atoms with Crippen molar-refractivity contribution in [3.63, 3.8) is 0 Å². The Morgan fingerprint density at radius 1 is 1.14 bits per heavy atom. The number of nitrogens with zero attached hydrogens (tertiary/aromatic N) is 1. The van der Waals surface area contributed by atoms with E-state index in [0.29, 0.717) is 12.3 Å². The third-order valence-electron chi connectivity index (χ3n) is 7.57. The van der Waals surface area contributed by atoms with Gasteiger partial charge in [0.2, 0.25) is 5.91 Å². The molecular formula is C24H32N2O3. The fraction of sp³-hybridized carbons (Fsp3) is 0.625. The van der Waals surface area contributed by atoms with E-state index in [4.69, 9.17) is 0 Å². The third-order valence-corrected chi connectivity index (χ3v) is 7.57. The van der Waals surface area contributed by atoms with Crippen molar-refractivity contribution in [2.45, 2.75) is 76.0 Å². The Balaban J connectivity index is 1.30. The number of nitrogens with one attached hydrogen (secondary N) is 1. The van der Waals surface area contributed by atoms with Crippen LogP contribution in [0.15, 0.2) is 24.4 Å². The Morgan fingerprint density at radius 2 is 2.00 bits per heavy atom. The van der Waals surface area contributed by atoms with Crippen molar-refractivity contribution in [3.8, 4) is 0 Å². The summed E-state index contributed by atoms with van der Waals surface area (Å²) in [6, 6.07) is 6.69. The van der Waals surface area contributed by atoms with Crippen LogP contribution in [-0.4, -0.2) is 44.9 Å². The van der Waals surface area contributed by atoms with Crippen LogP contribution in [0.5, 0.6) is 0 Å². The summed E-state index contributed by atoms with van der Waals surface area (Å²) >= 11 is 0. The minimum atomic E-state index is -1.26. The molecule has 2 aliphatic carbocycles. The minimum absolute atomic E-state index is 0.0842. The lowest BCUT2D eigenvalue weighted by molar-refractivity contribution is -0.151. The molecule has 1 aromatic heterocycles. The Hall–Kier alpha value is -1.85. The molecule has 5 rings (SSSR count). The molecule has 1 amide bonds. The van der Waals surface area contributed by atoms with Gasteiger partial charge >= 0.3 is 0 Å². The van der Waals surface area contributed by atoms with Crippen LogP contribution in [0.4, 0.5) is 0 Å². The highest BCUT2D eigenvalue weighted by Gasteiger charge is 2.42. The number of H-pyrrole nitrogens is 1. The summed E-state index contributed by atoms with van der Waals surface area (Å²) in [5, 5.41) is 20.9. The Kier molecular flexibility index (Phi) is 5.12. The first kappa shape index (κ1) is 19.1. The Morgan fingerprint density at radius 3 is 2.79 bits per heavy atom. The normalized spacial score (nSPS) is 27.4. The van der Waals surface area contributed by atoms with Gasteiger partial charge in [-0.25, -0.2) is 0 Å². The van der Waals surface area contributed by atoms with Gasteiger partial charge in [0.25, 0.3) is 0 Å². The molecular weight excluding hydrogens is 364 g/mol. The number of hydrogen-bond donors (Lipinski definition) is 3. The van der Waals surface area contributed by atoms with Crippen LogP contribution in [0.1, 0.15) is 68.4 Å². The lowest BCUT2D eigenvalue weighted by atomic mass is 9.71. The first-order valence-corrected chi connectivity index (χ1v) is 11.4. The number of carbonyl (C=O) groups excluding carboxylic acids is 1. The minimum Gasteiger partial charge on any atom is -0.368 e. The van der Waals surface area contributed by atoms with Crippen molar-refractivity contribution < 1.29 is 15.0 Å². The molecule has 1 saturated heterocycles. The van der Waals surface area contributed by atoms with Gasteiger partial charge in [-0.1, -0.05) is 18.6 Å². The molecule has 0 spiro atoms. The van der Waals surface area contributed by atoms with Crippen LogP contribution in [0.25, 0.3) is 10.9 Å². The number of carbonyl (C=O) groups is 1. The number of amides is 1. The van der Waals surface area contributed by atoms with E-state index in [0.717, 1.165) is 45.1 Å². The second kappa shape index (κ2) is 7.77. The van der Waals surface area contributed by atoms with Crippen LogP contribution in [0, 0.1) is 11.8 Å². The number of aryl methyl sites for hydroxylation is 1. The molecule has 3 unspecified atom stereocenters. The molecule has 3 aliphatic rings. The van der Waals surface area contributed by atoms with Gasteiger partial charge in [0.15, 0.2) is 6.29 Å². The van der Waals surface area contributed by atoms with Crippen molar-refractivity contribution in [1.29, 1.82) is 0 Å². The Labute approximate surface area is 172 Å². The monoisotopic (exact) mass is 396 g/mol. The maximum absolute atomic E-state index is 13.2. The predicted octanol–water partition coefficient (Wildman–Crippen LogP) is 3.70. The summed E-state index contributed by atoms with van der Waals surface area (Å²) in [7, 11) is 0. The molecule has 1 aliphatic heterocycles. The van der Waals surface area contributed by atoms with Crippen LogP contribution in [0.3, 0.4) is 0 Å². The zero-order valence-electron chi connectivity index (χ0n) is 17.0. The molecule has 3 N–H and O–H groups in total. The topological polar surface area (TPSA) is 76.6 Å². The van der Waals surface area contributed by atoms with E-state index >= 15 is 0 Å². The number of rotatable bonds is 5. The summed E-state index contributed by atoms with van der Waals surface area (Å²) in [5.41, 5.74) is 3.88. The largest absolute Gasteiger partial charge is 0.368 e. The average Bonchev–Trinajstić information content (AvgIpc) is 3.50. The second-order valence-corrected chi connectivity index (χ2v) is 9.33. The quantitative estimate of drug-likeness (QED) is 0.675. The van der Waals surface area contributed by atoms with E-state index in [1.807, 2.05) is 0 Å². The molecule has 2 saturated carbocycles. The fourth-order valence-corrected chi connectivity index (χ4v) is 6.02. The fourth-order valence-electron chi connectivity index (χ4n) is 6.02. The molecule has 0 bridgehead atoms. The number of fused-ring (bicyclic) bond motifs is 2. The van der Waals surface area contributed by atoms with E-state index in [9.17, 15) is 15.0 Å². The molecule has 1 aromatic carbocycles. The van der Waals surface area contributed by atoms with Crippen molar-refractivity contribution in [2.24, 2.45) is 11.8 Å². The van der Waals surface area contributed by atoms with E-state index in [1.54, 1.807) is 0 Å². The molecule has 156 valence electrons. The SMILES string of the molecule is O=C(CCc1c[nH]c2cccc(C3CC3)c12)N1CCCC2C(C(O)O)CCCC21. The molecule has 2 aromatic rings. The van der Waals surface area contributed by atoms with Crippen molar-refractivity contribution in [2.75, 3.05) is 6.54 Å². The van der Waals surface area contributed by atoms with E-state index in [1.165, 1.54) is 34.9 Å². The molecule has 5 heteroatoms. The molecule has 3 atom stereocenters. The average molecular weight is 397 g/mol. The van der Waals surface area contributed by atoms with Gasteiger partial charge in [-0.15, -0.1) is 0 Å². The van der Waals surface area contributed by atoms with Crippen LogP contribution in [-0.2, 0) is 11.2 Å². The number of likely N-dealkylation sites (tertiary alicyclic amines) is 1. The van der Waals surface area contributed by atoms with Gasteiger partial charge in [0.1, 0.15) is 0 Å². The van der Waals surface area contributed by atoms with E-state index in [-0.39, 0.29) is 23.8 Å². The maximum Gasteiger partial charge on any atom is 0.223 e. The summed E-state index contributed by atoms with van der Waals surface area (Å²) < 4.78 is 0. The summed E-state index contributed by atoms with van der Waals surface area (Å²) in [5.74, 6) is 1.07. The van der Waals surface area contributed by atoms with Gasteiger partial charge in [-0.05, 0) is 74.0 Å².